The third kappa shape index (κ3) is 10.2. The average molecular weight is 578 g/mol. The molecule has 0 spiro atoms. The molecule has 0 atom stereocenters. The zero-order chi connectivity index (χ0) is 27.4. The maximum absolute atomic E-state index is 12.7. The molecule has 0 aromatic heterocycles. The molecular formula is C24H28Cl4N4O4. The Labute approximate surface area is 230 Å². The molecule has 2 aromatic rings. The smallest absolute Gasteiger partial charge is 0.270 e. The van der Waals surface area contributed by atoms with Crippen LogP contribution in [0.15, 0.2) is 48.5 Å². The Balaban J connectivity index is 0.000000960. The number of alkyl halides is 4. The van der Waals surface area contributed by atoms with E-state index in [2.05, 4.69) is 21.7 Å². The van der Waals surface area contributed by atoms with Gasteiger partial charge in [0.05, 0.1) is 0 Å². The first-order valence-electron chi connectivity index (χ1n) is 10.8. The number of benzene rings is 2. The highest BCUT2D eigenvalue weighted by atomic mass is 35.5. The van der Waals surface area contributed by atoms with E-state index in [-0.39, 0.29) is 34.8 Å². The number of halogens is 4. The van der Waals surface area contributed by atoms with Gasteiger partial charge in [0, 0.05) is 23.0 Å². The van der Waals surface area contributed by atoms with Crippen molar-refractivity contribution < 1.29 is 19.2 Å². The third-order valence-corrected chi connectivity index (χ3v) is 6.00. The van der Waals surface area contributed by atoms with Gasteiger partial charge in [0.15, 0.2) is 0 Å². The number of rotatable bonds is 6. The number of carbonyl (C=O) groups is 4. The fourth-order valence-electron chi connectivity index (χ4n) is 2.49. The Morgan fingerprint density at radius 1 is 0.556 bits per heavy atom. The van der Waals surface area contributed by atoms with E-state index in [0.29, 0.717) is 11.1 Å². The molecule has 0 bridgehead atoms. The molecule has 0 saturated carbocycles. The number of amides is 4. The van der Waals surface area contributed by atoms with Crippen LogP contribution >= 0.6 is 46.4 Å². The van der Waals surface area contributed by atoms with Gasteiger partial charge in [-0.3, -0.25) is 40.9 Å². The highest BCUT2D eigenvalue weighted by Crippen LogP contribution is 2.27. The molecule has 0 heterocycles. The maximum Gasteiger partial charge on any atom is 0.270 e. The van der Waals surface area contributed by atoms with Crippen LogP contribution in [0.5, 0.6) is 0 Å². The topological polar surface area (TPSA) is 116 Å². The summed E-state index contributed by atoms with van der Waals surface area (Å²) in [6, 6.07) is 13.5. The zero-order valence-corrected chi connectivity index (χ0v) is 23.1. The van der Waals surface area contributed by atoms with E-state index in [0.717, 1.165) is 0 Å². The van der Waals surface area contributed by atoms with Crippen molar-refractivity contribution in [3.8, 4) is 11.1 Å². The molecule has 2 rings (SSSR count). The Kier molecular flexibility index (Phi) is 13.6. The number of nitrogens with one attached hydrogen (secondary N) is 4. The zero-order valence-electron chi connectivity index (χ0n) is 20.1. The van der Waals surface area contributed by atoms with E-state index < -0.39 is 21.5 Å². The first kappa shape index (κ1) is 31.5. The average Bonchev–Trinajstić information content (AvgIpc) is 2.85. The van der Waals surface area contributed by atoms with Crippen LogP contribution in [0.25, 0.3) is 11.1 Å². The largest absolute Gasteiger partial charge is 0.273 e. The van der Waals surface area contributed by atoms with Gasteiger partial charge in [-0.05, 0) is 23.3 Å². The molecule has 0 unspecified atom stereocenters. The standard InChI is InChI=1S/C22H26N4O4.C2H2Cl4/c1-13(2)19(27)23-25-21(29)17-11-7-5-9-15(17)16-10-6-8-12-18(16)22(30)26-24-20(28)14(3)4;3-1(4)2(5)6/h5-14H,1-4H3,(H,23,27)(H,24,28)(H,25,29)(H,26,30);1-2H. The van der Waals surface area contributed by atoms with Crippen molar-refractivity contribution in [2.45, 2.75) is 37.4 Å². The van der Waals surface area contributed by atoms with Crippen LogP contribution in [0.2, 0.25) is 0 Å². The molecule has 4 amide bonds. The summed E-state index contributed by atoms with van der Waals surface area (Å²) in [7, 11) is 0. The number of hydrogen-bond donors (Lipinski definition) is 4. The predicted octanol–water partition coefficient (Wildman–Crippen LogP) is 4.78. The molecule has 0 aliphatic carbocycles. The van der Waals surface area contributed by atoms with Crippen LogP contribution in [0.4, 0.5) is 0 Å². The van der Waals surface area contributed by atoms with Gasteiger partial charge >= 0.3 is 0 Å². The van der Waals surface area contributed by atoms with Crippen molar-refractivity contribution >= 4 is 70.0 Å². The SMILES string of the molecule is CC(C)C(=O)NNC(=O)c1ccccc1-c1ccccc1C(=O)NNC(=O)C(C)C.ClC(Cl)C(Cl)Cl. The second-order valence-electron chi connectivity index (χ2n) is 7.96. The normalized spacial score (nSPS) is 10.6. The lowest BCUT2D eigenvalue weighted by atomic mass is 9.95. The van der Waals surface area contributed by atoms with E-state index in [4.69, 9.17) is 46.4 Å². The molecule has 196 valence electrons. The lowest BCUT2D eigenvalue weighted by molar-refractivity contribution is -0.125. The van der Waals surface area contributed by atoms with Crippen molar-refractivity contribution in [1.82, 2.24) is 21.7 Å². The van der Waals surface area contributed by atoms with Crippen LogP contribution in [-0.4, -0.2) is 33.3 Å². The van der Waals surface area contributed by atoms with Crippen molar-refractivity contribution in [2.75, 3.05) is 0 Å². The Morgan fingerprint density at radius 3 is 1.14 bits per heavy atom. The van der Waals surface area contributed by atoms with Gasteiger partial charge in [0.25, 0.3) is 11.8 Å². The fraction of sp³-hybridized carbons (Fsp3) is 0.333. The molecular weight excluding hydrogens is 550 g/mol. The van der Waals surface area contributed by atoms with E-state index in [1.54, 1.807) is 76.2 Å². The second kappa shape index (κ2) is 15.6. The lowest BCUT2D eigenvalue weighted by Gasteiger charge is -2.15. The lowest BCUT2D eigenvalue weighted by Crippen LogP contribution is -2.44. The summed E-state index contributed by atoms with van der Waals surface area (Å²) >= 11 is 20.5. The molecule has 12 heteroatoms. The van der Waals surface area contributed by atoms with E-state index in [9.17, 15) is 19.2 Å². The van der Waals surface area contributed by atoms with Gasteiger partial charge in [-0.1, -0.05) is 64.1 Å². The monoisotopic (exact) mass is 576 g/mol. The van der Waals surface area contributed by atoms with E-state index in [1.807, 2.05) is 0 Å². The highest BCUT2D eigenvalue weighted by Gasteiger charge is 2.19. The minimum atomic E-state index is -0.673. The fourth-order valence-corrected chi connectivity index (χ4v) is 2.49. The molecule has 0 aliphatic heterocycles. The van der Waals surface area contributed by atoms with Crippen LogP contribution in [0.3, 0.4) is 0 Å². The Hall–Kier alpha value is -2.52. The summed E-state index contributed by atoms with van der Waals surface area (Å²) in [6.07, 6.45) is 0. The summed E-state index contributed by atoms with van der Waals surface area (Å²) in [4.78, 5) is 47.4. The second-order valence-corrected chi connectivity index (χ2v) is 10.3. The minimum absolute atomic E-state index is 0.285. The number of hydrazine groups is 2. The number of carbonyl (C=O) groups excluding carboxylic acids is 4. The van der Waals surface area contributed by atoms with Crippen molar-refractivity contribution in [2.24, 2.45) is 11.8 Å². The van der Waals surface area contributed by atoms with Crippen LogP contribution in [-0.2, 0) is 9.59 Å². The van der Waals surface area contributed by atoms with Crippen molar-refractivity contribution in [3.05, 3.63) is 59.7 Å². The maximum atomic E-state index is 12.7. The first-order chi connectivity index (χ1) is 16.9. The van der Waals surface area contributed by atoms with E-state index >= 15 is 0 Å². The number of hydrogen-bond acceptors (Lipinski definition) is 4. The molecule has 0 aliphatic rings. The molecule has 0 saturated heterocycles. The molecule has 0 radical (unpaired) electrons. The Morgan fingerprint density at radius 2 is 0.861 bits per heavy atom. The van der Waals surface area contributed by atoms with Gasteiger partial charge in [-0.15, -0.1) is 46.4 Å². The molecule has 36 heavy (non-hydrogen) atoms. The van der Waals surface area contributed by atoms with Gasteiger partial charge in [-0.2, -0.15) is 0 Å². The van der Waals surface area contributed by atoms with E-state index in [1.165, 1.54) is 0 Å². The quantitative estimate of drug-likeness (QED) is 0.292. The van der Waals surface area contributed by atoms with Gasteiger partial charge in [0.2, 0.25) is 11.8 Å². The van der Waals surface area contributed by atoms with Gasteiger partial charge < -0.3 is 0 Å². The van der Waals surface area contributed by atoms with Gasteiger partial charge in [0.1, 0.15) is 9.67 Å². The first-order valence-corrected chi connectivity index (χ1v) is 12.6. The van der Waals surface area contributed by atoms with Crippen molar-refractivity contribution in [3.63, 3.8) is 0 Å². The van der Waals surface area contributed by atoms with Crippen LogP contribution < -0.4 is 21.7 Å². The minimum Gasteiger partial charge on any atom is -0.273 e. The Bertz CT molecular complexity index is 978. The predicted molar refractivity (Wildman–Crippen MR) is 144 cm³/mol. The summed E-state index contributed by atoms with van der Waals surface area (Å²) < 4.78 is 0. The molecule has 8 nitrogen and oxygen atoms in total. The third-order valence-electron chi connectivity index (χ3n) is 4.47. The van der Waals surface area contributed by atoms with Crippen molar-refractivity contribution in [1.29, 1.82) is 0 Å². The summed E-state index contributed by atoms with van der Waals surface area (Å²) in [5.74, 6) is -2.23. The summed E-state index contributed by atoms with van der Waals surface area (Å²) in [5.41, 5.74) is 11.1. The van der Waals surface area contributed by atoms with Crippen LogP contribution in [0, 0.1) is 11.8 Å². The van der Waals surface area contributed by atoms with Crippen LogP contribution in [0.1, 0.15) is 48.4 Å². The summed E-state index contributed by atoms with van der Waals surface area (Å²) in [5, 5.41) is 0. The molecule has 4 N–H and O–H groups in total. The molecule has 0 fully saturated rings. The summed E-state index contributed by atoms with van der Waals surface area (Å²) in [6.45, 7) is 6.84. The molecule has 2 aromatic carbocycles. The van der Waals surface area contributed by atoms with Gasteiger partial charge in [-0.25, -0.2) is 0 Å². The highest BCUT2D eigenvalue weighted by molar-refractivity contribution is 6.56.